The first-order chi connectivity index (χ1) is 20.9. The minimum atomic E-state index is -4.06. The largest absolute Gasteiger partial charge is 0.392 e. The standard InChI is InChI=1S/C9H13NO.C9H13N.2C7H13F3.C7H16.CH4/c1-9(2,3)7-5-4-6-10-8(7)11;1-9(2,3)8-5-4-6-10-7-8;2*1-5(6(2,3)4)7(8,9)10;1-6(2)7(3,4)5;/h4-6H,1-3H3,(H,10,11);4-7H,1-3H3;2*5H,1-4H3;6H,1-5H3;1H4/t;;5-;;;/m..0.../s1. The van der Waals surface area contributed by atoms with Gasteiger partial charge in [-0.3, -0.25) is 9.78 Å². The highest BCUT2D eigenvalue weighted by Gasteiger charge is 2.43. The Morgan fingerprint density at radius 1 is 0.592 bits per heavy atom. The summed E-state index contributed by atoms with van der Waals surface area (Å²) < 4.78 is 71.7. The van der Waals surface area contributed by atoms with E-state index in [1.165, 1.54) is 19.4 Å². The molecule has 0 saturated carbocycles. The third kappa shape index (κ3) is 25.3. The Morgan fingerprint density at radius 2 is 0.959 bits per heavy atom. The summed E-state index contributed by atoms with van der Waals surface area (Å²) in [5.41, 5.74) is 1.44. The molecule has 2 aromatic rings. The van der Waals surface area contributed by atoms with E-state index in [0.717, 1.165) is 11.5 Å². The van der Waals surface area contributed by atoms with Crippen LogP contribution in [0.25, 0.3) is 0 Å². The molecule has 2 aromatic heterocycles. The van der Waals surface area contributed by atoms with Gasteiger partial charge in [0.2, 0.25) is 0 Å². The van der Waals surface area contributed by atoms with Crippen molar-refractivity contribution in [2.45, 2.75) is 162 Å². The Bertz CT molecular complexity index is 1120. The molecule has 0 bridgehead atoms. The highest BCUT2D eigenvalue weighted by Crippen LogP contribution is 2.39. The van der Waals surface area contributed by atoms with Crippen LogP contribution in [0.5, 0.6) is 0 Å². The van der Waals surface area contributed by atoms with Gasteiger partial charge in [0.15, 0.2) is 0 Å². The van der Waals surface area contributed by atoms with Crippen LogP contribution in [0.2, 0.25) is 0 Å². The maximum absolute atomic E-state index is 11.9. The SMILES string of the molecule is C.CC(C(C)(C)C)C(F)(F)F.CC(C)(C)c1ccc[nH]c1=O.CC(C)(C)c1cccnc1.CC(C)C(C)(C)C.C[C@@H](C(C)(C)C)C(F)(F)F. The Kier molecular flexibility index (Phi) is 22.4. The van der Waals surface area contributed by atoms with Gasteiger partial charge in [-0.2, -0.15) is 26.3 Å². The summed E-state index contributed by atoms with van der Waals surface area (Å²) >= 11 is 0. The Balaban J connectivity index is -0.000000259. The summed E-state index contributed by atoms with van der Waals surface area (Å²) in [5, 5.41) is 0. The number of pyridine rings is 2. The van der Waals surface area contributed by atoms with E-state index in [-0.39, 0.29) is 23.8 Å². The fourth-order valence-electron chi connectivity index (χ4n) is 2.80. The number of hydrogen-bond acceptors (Lipinski definition) is 2. The van der Waals surface area contributed by atoms with Gasteiger partial charge in [0.05, 0.1) is 11.8 Å². The average Bonchev–Trinajstić information content (AvgIpc) is 2.86. The van der Waals surface area contributed by atoms with E-state index in [9.17, 15) is 31.1 Å². The van der Waals surface area contributed by atoms with E-state index in [0.29, 0.717) is 5.41 Å². The van der Waals surface area contributed by atoms with Gasteiger partial charge in [-0.15, -0.1) is 0 Å². The fourth-order valence-corrected chi connectivity index (χ4v) is 2.80. The zero-order valence-corrected chi connectivity index (χ0v) is 33.4. The monoisotopic (exact) mass is 711 g/mol. The molecule has 0 aliphatic heterocycles. The zero-order chi connectivity index (χ0) is 39.3. The second-order valence-corrected chi connectivity index (χ2v) is 17.9. The van der Waals surface area contributed by atoms with Crippen LogP contribution in [0.1, 0.15) is 150 Å². The number of nitrogens with one attached hydrogen (secondary N) is 1. The number of alkyl halides is 6. The minimum absolute atomic E-state index is 0. The minimum Gasteiger partial charge on any atom is -0.329 e. The van der Waals surface area contributed by atoms with Gasteiger partial charge < -0.3 is 4.98 Å². The molecule has 290 valence electrons. The Morgan fingerprint density at radius 3 is 1.10 bits per heavy atom. The number of nitrogens with zero attached hydrogens (tertiary/aromatic N) is 1. The van der Waals surface area contributed by atoms with Crippen LogP contribution in [0.15, 0.2) is 47.7 Å². The molecule has 0 spiro atoms. The molecule has 0 aliphatic carbocycles. The van der Waals surface area contributed by atoms with Gasteiger partial charge in [0.25, 0.3) is 5.56 Å². The van der Waals surface area contributed by atoms with Crippen LogP contribution in [-0.2, 0) is 10.8 Å². The van der Waals surface area contributed by atoms with Crippen LogP contribution >= 0.6 is 0 Å². The van der Waals surface area contributed by atoms with Gasteiger partial charge in [-0.25, -0.2) is 0 Å². The van der Waals surface area contributed by atoms with Gasteiger partial charge in [0.1, 0.15) is 0 Å². The lowest BCUT2D eigenvalue weighted by Gasteiger charge is -2.28. The molecule has 0 aromatic carbocycles. The number of rotatable bonds is 0. The number of H-pyrrole nitrogens is 1. The van der Waals surface area contributed by atoms with Crippen molar-refractivity contribution < 1.29 is 26.3 Å². The molecule has 0 saturated heterocycles. The molecular formula is C40H72F6N2O. The second kappa shape index (κ2) is 20.5. The molecule has 9 heteroatoms. The van der Waals surface area contributed by atoms with Crippen molar-refractivity contribution in [1.29, 1.82) is 0 Å². The normalized spacial score (nSPS) is 13.8. The highest BCUT2D eigenvalue weighted by molar-refractivity contribution is 5.18. The smallest absolute Gasteiger partial charge is 0.329 e. The molecule has 1 N–H and O–H groups in total. The van der Waals surface area contributed by atoms with Crippen molar-refractivity contribution in [1.82, 2.24) is 9.97 Å². The summed E-state index contributed by atoms with van der Waals surface area (Å²) in [7, 11) is 0. The lowest BCUT2D eigenvalue weighted by Crippen LogP contribution is -2.31. The van der Waals surface area contributed by atoms with E-state index in [2.05, 4.69) is 71.4 Å². The lowest BCUT2D eigenvalue weighted by atomic mass is 9.82. The number of hydrogen-bond donors (Lipinski definition) is 1. The first-order valence-corrected chi connectivity index (χ1v) is 16.6. The number of halogens is 6. The molecular weight excluding hydrogens is 638 g/mol. The van der Waals surface area contributed by atoms with Crippen LogP contribution in [0.4, 0.5) is 26.3 Å². The van der Waals surface area contributed by atoms with Crippen molar-refractivity contribution in [3.8, 4) is 0 Å². The van der Waals surface area contributed by atoms with Gasteiger partial charge in [0, 0.05) is 24.2 Å². The van der Waals surface area contributed by atoms with E-state index in [1.54, 1.807) is 53.9 Å². The predicted octanol–water partition coefficient (Wildman–Crippen LogP) is 13.8. The van der Waals surface area contributed by atoms with Crippen molar-refractivity contribution in [2.75, 3.05) is 0 Å². The molecule has 2 rings (SSSR count). The van der Waals surface area contributed by atoms with Crippen molar-refractivity contribution in [3.63, 3.8) is 0 Å². The van der Waals surface area contributed by atoms with Crippen LogP contribution in [0.3, 0.4) is 0 Å². The lowest BCUT2D eigenvalue weighted by molar-refractivity contribution is -0.195. The summed E-state index contributed by atoms with van der Waals surface area (Å²) in [6.45, 7) is 35.9. The zero-order valence-electron chi connectivity index (χ0n) is 33.4. The second-order valence-electron chi connectivity index (χ2n) is 17.9. The van der Waals surface area contributed by atoms with Crippen molar-refractivity contribution >= 4 is 0 Å². The maximum atomic E-state index is 11.9. The Hall–Kier alpha value is -2.32. The summed E-state index contributed by atoms with van der Waals surface area (Å²) in [6.07, 6.45) is -2.75. The molecule has 0 amide bonds. The summed E-state index contributed by atoms with van der Waals surface area (Å²) in [5.74, 6) is -1.67. The van der Waals surface area contributed by atoms with Crippen molar-refractivity contribution in [3.05, 3.63) is 64.3 Å². The third-order valence-electron chi connectivity index (χ3n) is 8.47. The number of aromatic amines is 1. The molecule has 3 nitrogen and oxygen atoms in total. The number of aromatic nitrogens is 2. The van der Waals surface area contributed by atoms with Crippen molar-refractivity contribution in [2.24, 2.45) is 34.0 Å². The maximum Gasteiger partial charge on any atom is 0.392 e. The molecule has 2 atom stereocenters. The first-order valence-electron chi connectivity index (χ1n) is 16.6. The molecule has 49 heavy (non-hydrogen) atoms. The molecule has 0 fully saturated rings. The van der Waals surface area contributed by atoms with Crippen LogP contribution < -0.4 is 5.56 Å². The third-order valence-corrected chi connectivity index (χ3v) is 8.47. The summed E-state index contributed by atoms with van der Waals surface area (Å²) in [6, 6.07) is 7.79. The average molecular weight is 711 g/mol. The Labute approximate surface area is 296 Å². The first kappa shape index (κ1) is 53.5. The topological polar surface area (TPSA) is 45.8 Å². The predicted molar refractivity (Wildman–Crippen MR) is 199 cm³/mol. The fraction of sp³-hybridized carbons (Fsp3) is 0.750. The van der Waals surface area contributed by atoms with Gasteiger partial charge >= 0.3 is 12.4 Å². The van der Waals surface area contributed by atoms with E-state index in [4.69, 9.17) is 0 Å². The van der Waals surface area contributed by atoms with E-state index < -0.39 is 35.0 Å². The quantitative estimate of drug-likeness (QED) is 0.277. The van der Waals surface area contributed by atoms with Crippen LogP contribution in [-0.4, -0.2) is 22.3 Å². The molecule has 2 heterocycles. The van der Waals surface area contributed by atoms with E-state index in [1.807, 2.05) is 45.2 Å². The van der Waals surface area contributed by atoms with Gasteiger partial charge in [-0.1, -0.05) is 151 Å². The van der Waals surface area contributed by atoms with Gasteiger partial charge in [-0.05, 0) is 50.7 Å². The molecule has 0 radical (unpaired) electrons. The molecule has 1 unspecified atom stereocenters. The highest BCUT2D eigenvalue weighted by atomic mass is 19.4. The van der Waals surface area contributed by atoms with Crippen LogP contribution in [0, 0.1) is 34.0 Å². The van der Waals surface area contributed by atoms with E-state index >= 15 is 0 Å². The molecule has 0 aliphatic rings. The summed E-state index contributed by atoms with van der Waals surface area (Å²) in [4.78, 5) is 17.9.